The van der Waals surface area contributed by atoms with Gasteiger partial charge in [-0.3, -0.25) is 4.79 Å². The fraction of sp³-hybridized carbons (Fsp3) is 0.0833. The Morgan fingerprint density at radius 2 is 2.17 bits per heavy atom. The third kappa shape index (κ3) is 3.31. The van der Waals surface area contributed by atoms with Crippen molar-refractivity contribution >= 4 is 44.7 Å². The summed E-state index contributed by atoms with van der Waals surface area (Å²) in [6, 6.07) is 7.62. The molecule has 94 valence electrons. The SMILES string of the molecule is O=C(COc1ccc(Br)c(F)c1)c1ccc(Cl)s1. The van der Waals surface area contributed by atoms with E-state index in [1.54, 1.807) is 18.2 Å². The molecule has 0 radical (unpaired) electrons. The van der Waals surface area contributed by atoms with Crippen LogP contribution in [0.3, 0.4) is 0 Å². The van der Waals surface area contributed by atoms with Crippen LogP contribution in [0.1, 0.15) is 9.67 Å². The number of halogens is 3. The molecule has 0 spiro atoms. The zero-order chi connectivity index (χ0) is 13.1. The highest BCUT2D eigenvalue weighted by atomic mass is 79.9. The van der Waals surface area contributed by atoms with Crippen molar-refractivity contribution in [1.29, 1.82) is 0 Å². The largest absolute Gasteiger partial charge is 0.485 e. The number of ether oxygens (including phenoxy) is 1. The van der Waals surface area contributed by atoms with Crippen molar-refractivity contribution in [3.05, 3.63) is 49.8 Å². The van der Waals surface area contributed by atoms with Crippen LogP contribution in [0.15, 0.2) is 34.8 Å². The van der Waals surface area contributed by atoms with E-state index >= 15 is 0 Å². The normalized spacial score (nSPS) is 10.4. The second kappa shape index (κ2) is 5.82. The molecule has 2 aromatic rings. The van der Waals surface area contributed by atoms with E-state index in [0.29, 0.717) is 19.4 Å². The first kappa shape index (κ1) is 13.5. The van der Waals surface area contributed by atoms with E-state index in [4.69, 9.17) is 16.3 Å². The third-order valence-electron chi connectivity index (χ3n) is 2.11. The van der Waals surface area contributed by atoms with Gasteiger partial charge in [-0.1, -0.05) is 11.6 Å². The number of hydrogen-bond acceptors (Lipinski definition) is 3. The Balaban J connectivity index is 1.99. The van der Waals surface area contributed by atoms with Crippen LogP contribution in [0.5, 0.6) is 5.75 Å². The van der Waals surface area contributed by atoms with Gasteiger partial charge in [-0.2, -0.15) is 0 Å². The van der Waals surface area contributed by atoms with E-state index < -0.39 is 5.82 Å². The molecule has 1 aromatic heterocycles. The summed E-state index contributed by atoms with van der Waals surface area (Å²) in [5, 5.41) is 0. The fourth-order valence-corrected chi connectivity index (χ4v) is 2.46. The van der Waals surface area contributed by atoms with Crippen molar-refractivity contribution in [1.82, 2.24) is 0 Å². The Morgan fingerprint density at radius 3 is 2.78 bits per heavy atom. The molecule has 0 aliphatic rings. The molecule has 0 atom stereocenters. The van der Waals surface area contributed by atoms with Gasteiger partial charge in [0.15, 0.2) is 6.61 Å². The molecule has 0 saturated heterocycles. The van der Waals surface area contributed by atoms with Gasteiger partial charge in [0.1, 0.15) is 11.6 Å². The molecule has 1 aromatic carbocycles. The van der Waals surface area contributed by atoms with Crippen molar-refractivity contribution in [2.45, 2.75) is 0 Å². The Labute approximate surface area is 120 Å². The number of hydrogen-bond donors (Lipinski definition) is 0. The standard InChI is InChI=1S/C12H7BrClFO2S/c13-8-2-1-7(5-9(8)15)17-6-10(16)11-3-4-12(14)18-11/h1-5H,6H2. The molecule has 0 amide bonds. The topological polar surface area (TPSA) is 26.3 Å². The molecule has 2 nitrogen and oxygen atoms in total. The summed E-state index contributed by atoms with van der Waals surface area (Å²) in [6.07, 6.45) is 0. The number of benzene rings is 1. The summed E-state index contributed by atoms with van der Waals surface area (Å²) >= 11 is 9.96. The molecule has 6 heteroatoms. The molecule has 2 rings (SSSR count). The summed E-state index contributed by atoms with van der Waals surface area (Å²) in [5.74, 6) is -0.305. The quantitative estimate of drug-likeness (QED) is 0.756. The highest BCUT2D eigenvalue weighted by Crippen LogP contribution is 2.23. The Bertz CT molecular complexity index is 585. The zero-order valence-corrected chi connectivity index (χ0v) is 12.1. The lowest BCUT2D eigenvalue weighted by Crippen LogP contribution is -2.10. The van der Waals surface area contributed by atoms with Gasteiger partial charge in [0.2, 0.25) is 5.78 Å². The van der Waals surface area contributed by atoms with Gasteiger partial charge < -0.3 is 4.74 Å². The van der Waals surface area contributed by atoms with Crippen LogP contribution >= 0.6 is 38.9 Å². The van der Waals surface area contributed by atoms with E-state index in [1.165, 1.54) is 23.5 Å². The summed E-state index contributed by atoms with van der Waals surface area (Å²) in [5.41, 5.74) is 0. The Morgan fingerprint density at radius 1 is 1.39 bits per heavy atom. The second-order valence-corrected chi connectivity index (χ2v) is 5.96. The van der Waals surface area contributed by atoms with Gasteiger partial charge in [0.25, 0.3) is 0 Å². The number of carbonyl (C=O) groups excluding carboxylic acids is 1. The summed E-state index contributed by atoms with van der Waals surface area (Å²) < 4.78 is 19.3. The maximum Gasteiger partial charge on any atom is 0.210 e. The number of thiophene rings is 1. The molecule has 18 heavy (non-hydrogen) atoms. The molecule has 0 N–H and O–H groups in total. The smallest absolute Gasteiger partial charge is 0.210 e. The highest BCUT2D eigenvalue weighted by Gasteiger charge is 2.10. The average molecular weight is 350 g/mol. The number of ketones is 1. The first-order valence-corrected chi connectivity index (χ1v) is 6.91. The van der Waals surface area contributed by atoms with Gasteiger partial charge in [-0.05, 0) is 40.2 Å². The minimum Gasteiger partial charge on any atom is -0.485 e. The maximum absolute atomic E-state index is 13.2. The summed E-state index contributed by atoms with van der Waals surface area (Å²) in [6.45, 7) is -0.141. The fourth-order valence-electron chi connectivity index (χ4n) is 1.25. The highest BCUT2D eigenvalue weighted by molar-refractivity contribution is 9.10. The molecule has 1 heterocycles. The molecule has 0 unspecified atom stereocenters. The van der Waals surface area contributed by atoms with E-state index in [1.807, 2.05) is 0 Å². The lowest BCUT2D eigenvalue weighted by molar-refractivity contribution is 0.0925. The van der Waals surface area contributed by atoms with Crippen molar-refractivity contribution < 1.29 is 13.9 Å². The second-order valence-electron chi connectivity index (χ2n) is 3.39. The monoisotopic (exact) mass is 348 g/mol. The number of Topliss-reactive ketones (excluding diaryl/α,β-unsaturated/α-hetero) is 1. The van der Waals surface area contributed by atoms with E-state index in [9.17, 15) is 9.18 Å². The Kier molecular flexibility index (Phi) is 4.37. The van der Waals surface area contributed by atoms with Crippen LogP contribution in [-0.2, 0) is 0 Å². The van der Waals surface area contributed by atoms with Gasteiger partial charge in [-0.25, -0.2) is 4.39 Å². The maximum atomic E-state index is 13.2. The van der Waals surface area contributed by atoms with E-state index in [-0.39, 0.29) is 12.4 Å². The van der Waals surface area contributed by atoms with E-state index in [0.717, 1.165) is 0 Å². The van der Waals surface area contributed by atoms with Crippen molar-refractivity contribution in [2.75, 3.05) is 6.61 Å². The molecule has 0 aliphatic carbocycles. The van der Waals surface area contributed by atoms with Gasteiger partial charge in [0, 0.05) is 6.07 Å². The van der Waals surface area contributed by atoms with Crippen LogP contribution in [0.4, 0.5) is 4.39 Å². The van der Waals surface area contributed by atoms with E-state index in [2.05, 4.69) is 15.9 Å². The molecule has 0 fully saturated rings. The third-order valence-corrected chi connectivity index (χ3v) is 4.02. The molecular weight excluding hydrogens is 343 g/mol. The molecule has 0 aliphatic heterocycles. The van der Waals surface area contributed by atoms with Gasteiger partial charge in [-0.15, -0.1) is 11.3 Å². The summed E-state index contributed by atoms with van der Waals surface area (Å²) in [7, 11) is 0. The van der Waals surface area contributed by atoms with Crippen LogP contribution in [0, 0.1) is 5.82 Å². The van der Waals surface area contributed by atoms with Gasteiger partial charge >= 0.3 is 0 Å². The van der Waals surface area contributed by atoms with Crippen molar-refractivity contribution in [3.63, 3.8) is 0 Å². The number of carbonyl (C=O) groups is 1. The average Bonchev–Trinajstić information content (AvgIpc) is 2.77. The van der Waals surface area contributed by atoms with Crippen LogP contribution in [0.2, 0.25) is 4.34 Å². The van der Waals surface area contributed by atoms with Crippen LogP contribution in [-0.4, -0.2) is 12.4 Å². The molecule has 0 saturated carbocycles. The first-order valence-electron chi connectivity index (χ1n) is 4.92. The van der Waals surface area contributed by atoms with Crippen molar-refractivity contribution in [2.24, 2.45) is 0 Å². The minimum atomic E-state index is -0.431. The van der Waals surface area contributed by atoms with Crippen LogP contribution in [0.25, 0.3) is 0 Å². The number of rotatable bonds is 4. The lowest BCUT2D eigenvalue weighted by Gasteiger charge is -2.05. The lowest BCUT2D eigenvalue weighted by atomic mass is 10.3. The predicted octanol–water partition coefficient (Wildman–Crippen LogP) is 4.56. The van der Waals surface area contributed by atoms with Gasteiger partial charge in [0.05, 0.1) is 13.7 Å². The zero-order valence-electron chi connectivity index (χ0n) is 8.95. The van der Waals surface area contributed by atoms with Crippen LogP contribution < -0.4 is 4.74 Å². The predicted molar refractivity (Wildman–Crippen MR) is 73.3 cm³/mol. The minimum absolute atomic E-state index is 0.141. The molecule has 0 bridgehead atoms. The summed E-state index contributed by atoms with van der Waals surface area (Å²) in [4.78, 5) is 12.2. The Hall–Kier alpha value is -0.910. The first-order chi connectivity index (χ1) is 8.56. The van der Waals surface area contributed by atoms with Crippen molar-refractivity contribution in [3.8, 4) is 5.75 Å². The molecular formula is C12H7BrClFO2S.